The molecule has 0 atom stereocenters. The maximum absolute atomic E-state index is 13.7. The molecular formula is C26H28ClN7O3S. The van der Waals surface area contributed by atoms with Crippen LogP contribution in [0.1, 0.15) is 30.1 Å². The molecule has 1 aromatic carbocycles. The molecule has 0 unspecified atom stereocenters. The van der Waals surface area contributed by atoms with Crippen molar-refractivity contribution < 1.29 is 9.59 Å². The van der Waals surface area contributed by atoms with Gasteiger partial charge < -0.3 is 20.0 Å². The van der Waals surface area contributed by atoms with Gasteiger partial charge in [0.05, 0.1) is 15.6 Å². The first-order valence-corrected chi connectivity index (χ1v) is 14.0. The number of benzene rings is 1. The predicted octanol–water partition coefficient (Wildman–Crippen LogP) is 2.60. The zero-order valence-electron chi connectivity index (χ0n) is 21.1. The van der Waals surface area contributed by atoms with Crippen LogP contribution in [0.15, 0.2) is 29.2 Å². The lowest BCUT2D eigenvalue weighted by atomic mass is 10.2. The van der Waals surface area contributed by atoms with Crippen molar-refractivity contribution in [2.75, 3.05) is 57.3 Å². The molecular weight excluding hydrogens is 526 g/mol. The molecule has 3 aromatic heterocycles. The van der Waals surface area contributed by atoms with Gasteiger partial charge in [0, 0.05) is 57.4 Å². The minimum Gasteiger partial charge on any atom is -0.351 e. The summed E-state index contributed by atoms with van der Waals surface area (Å²) in [5.41, 5.74) is 0.928. The highest BCUT2D eigenvalue weighted by atomic mass is 35.5. The summed E-state index contributed by atoms with van der Waals surface area (Å²) in [5.74, 6) is 0.138. The Kier molecular flexibility index (Phi) is 6.67. The van der Waals surface area contributed by atoms with Crippen LogP contribution < -0.4 is 15.6 Å². The van der Waals surface area contributed by atoms with Crippen LogP contribution in [0.4, 0.5) is 5.95 Å². The number of likely N-dealkylation sites (tertiary alicyclic amines) is 1. The number of aromatic nitrogens is 3. The number of rotatable bonds is 5. The molecule has 0 radical (unpaired) electrons. The van der Waals surface area contributed by atoms with Crippen molar-refractivity contribution in [3.8, 4) is 0 Å². The monoisotopic (exact) mass is 553 g/mol. The van der Waals surface area contributed by atoms with Gasteiger partial charge in [-0.1, -0.05) is 11.6 Å². The third kappa shape index (κ3) is 4.48. The van der Waals surface area contributed by atoms with E-state index in [1.165, 1.54) is 30.4 Å². The highest BCUT2D eigenvalue weighted by Crippen LogP contribution is 2.32. The van der Waals surface area contributed by atoms with Gasteiger partial charge in [-0.25, -0.2) is 4.98 Å². The van der Waals surface area contributed by atoms with E-state index in [9.17, 15) is 14.4 Å². The van der Waals surface area contributed by atoms with Crippen LogP contribution in [0.5, 0.6) is 0 Å². The molecule has 198 valence electrons. The molecule has 4 aromatic rings. The Morgan fingerprint density at radius 1 is 1.11 bits per heavy atom. The highest BCUT2D eigenvalue weighted by molar-refractivity contribution is 7.24. The summed E-state index contributed by atoms with van der Waals surface area (Å²) in [4.78, 5) is 54.8. The van der Waals surface area contributed by atoms with Crippen LogP contribution >= 0.6 is 22.9 Å². The van der Waals surface area contributed by atoms with Gasteiger partial charge >= 0.3 is 0 Å². The number of carbonyl (C=O) groups is 2. The van der Waals surface area contributed by atoms with Crippen molar-refractivity contribution in [3.05, 3.63) is 45.2 Å². The summed E-state index contributed by atoms with van der Waals surface area (Å²) < 4.78 is 2.75. The Hall–Kier alpha value is -3.28. The standard InChI is InChI=1S/C26H28ClN7O3S/c1-16(35)32-10-12-33(13-11-32)26-29-15-18-22(36)21(24(37)28-6-9-31-7-2-3-8-31)25-34(23(18)30-26)19-14-17(27)4-5-20(19)38-25/h4-5,14-15H,2-3,6-13H2,1H3,(H,28,37). The van der Waals surface area contributed by atoms with Gasteiger partial charge in [0.15, 0.2) is 5.65 Å². The molecule has 2 aliphatic rings. The number of piperazine rings is 1. The largest absolute Gasteiger partial charge is 0.351 e. The first kappa shape index (κ1) is 25.0. The maximum Gasteiger partial charge on any atom is 0.258 e. The summed E-state index contributed by atoms with van der Waals surface area (Å²) in [7, 11) is 0. The highest BCUT2D eigenvalue weighted by Gasteiger charge is 2.25. The minimum atomic E-state index is -0.393. The van der Waals surface area contributed by atoms with Crippen molar-refractivity contribution in [3.63, 3.8) is 0 Å². The SMILES string of the molecule is CC(=O)N1CCN(c2ncc3c(=O)c(C(=O)NCCN4CCCC4)c4sc5ccc(Cl)cc5n4c3n2)CC1. The minimum absolute atomic E-state index is 0.0465. The molecule has 0 aliphatic carbocycles. The van der Waals surface area contributed by atoms with E-state index in [-0.39, 0.29) is 22.3 Å². The molecule has 5 heterocycles. The van der Waals surface area contributed by atoms with Crippen LogP contribution in [-0.2, 0) is 4.79 Å². The van der Waals surface area contributed by atoms with Crippen molar-refractivity contribution in [2.45, 2.75) is 19.8 Å². The first-order valence-electron chi connectivity index (χ1n) is 12.9. The number of amides is 2. The summed E-state index contributed by atoms with van der Waals surface area (Å²) in [6.07, 6.45) is 3.87. The van der Waals surface area contributed by atoms with E-state index in [1.54, 1.807) is 17.9 Å². The molecule has 0 bridgehead atoms. The molecule has 2 saturated heterocycles. The molecule has 0 saturated carbocycles. The van der Waals surface area contributed by atoms with E-state index in [1.807, 2.05) is 21.4 Å². The second-order valence-corrected chi connectivity index (χ2v) is 11.2. The molecule has 2 fully saturated rings. The summed E-state index contributed by atoms with van der Waals surface area (Å²) in [6.45, 7) is 7.24. The molecule has 2 amide bonds. The van der Waals surface area contributed by atoms with Gasteiger partial charge in [-0.3, -0.25) is 18.8 Å². The summed E-state index contributed by atoms with van der Waals surface area (Å²) >= 11 is 7.73. The van der Waals surface area contributed by atoms with Gasteiger partial charge in [-0.15, -0.1) is 11.3 Å². The Bertz CT molecular complexity index is 1620. The van der Waals surface area contributed by atoms with Crippen molar-refractivity contribution in [1.82, 2.24) is 29.5 Å². The fourth-order valence-corrected chi connectivity index (χ4v) is 6.64. The third-order valence-electron chi connectivity index (χ3n) is 7.37. The molecule has 2 aliphatic heterocycles. The second kappa shape index (κ2) is 10.1. The molecule has 38 heavy (non-hydrogen) atoms. The lowest BCUT2D eigenvalue weighted by Crippen LogP contribution is -2.48. The van der Waals surface area contributed by atoms with Crippen LogP contribution in [-0.4, -0.2) is 88.3 Å². The number of halogens is 1. The molecule has 0 spiro atoms. The van der Waals surface area contributed by atoms with Crippen LogP contribution in [0.3, 0.4) is 0 Å². The summed E-state index contributed by atoms with van der Waals surface area (Å²) in [5, 5.41) is 3.79. The quantitative estimate of drug-likeness (QED) is 0.405. The first-order chi connectivity index (χ1) is 18.4. The maximum atomic E-state index is 13.7. The Balaban J connectivity index is 1.44. The van der Waals surface area contributed by atoms with Gasteiger partial charge in [-0.05, 0) is 44.1 Å². The number of nitrogens with zero attached hydrogens (tertiary/aromatic N) is 6. The fraction of sp³-hybridized carbons (Fsp3) is 0.423. The van der Waals surface area contributed by atoms with Crippen LogP contribution in [0.25, 0.3) is 26.1 Å². The van der Waals surface area contributed by atoms with E-state index in [2.05, 4.69) is 15.2 Å². The van der Waals surface area contributed by atoms with E-state index in [0.29, 0.717) is 54.2 Å². The number of nitrogens with one attached hydrogen (secondary N) is 1. The smallest absolute Gasteiger partial charge is 0.258 e. The average Bonchev–Trinajstić information content (AvgIpc) is 3.56. The van der Waals surface area contributed by atoms with Crippen molar-refractivity contribution in [1.29, 1.82) is 0 Å². The zero-order valence-corrected chi connectivity index (χ0v) is 22.6. The van der Waals surface area contributed by atoms with Crippen molar-refractivity contribution >= 4 is 66.8 Å². The lowest BCUT2D eigenvalue weighted by Gasteiger charge is -2.34. The normalized spacial score (nSPS) is 16.7. The third-order valence-corrected chi connectivity index (χ3v) is 8.75. The number of anilines is 1. The number of carbonyl (C=O) groups excluding carboxylic acids is 2. The Morgan fingerprint density at radius 3 is 2.61 bits per heavy atom. The fourth-order valence-electron chi connectivity index (χ4n) is 5.31. The van der Waals surface area contributed by atoms with Gasteiger partial charge in [-0.2, -0.15) is 4.98 Å². The Labute approximate surface area is 227 Å². The Morgan fingerprint density at radius 2 is 1.87 bits per heavy atom. The number of fused-ring (bicyclic) bond motifs is 5. The molecule has 1 N–H and O–H groups in total. The average molecular weight is 554 g/mol. The molecule has 12 heteroatoms. The lowest BCUT2D eigenvalue weighted by molar-refractivity contribution is -0.129. The van der Waals surface area contributed by atoms with E-state index in [4.69, 9.17) is 16.6 Å². The topological polar surface area (TPSA) is 103 Å². The van der Waals surface area contributed by atoms with E-state index in [0.717, 1.165) is 29.9 Å². The molecule has 6 rings (SSSR count). The van der Waals surface area contributed by atoms with Crippen LogP contribution in [0, 0.1) is 0 Å². The van der Waals surface area contributed by atoms with E-state index >= 15 is 0 Å². The second-order valence-electron chi connectivity index (χ2n) is 9.76. The van der Waals surface area contributed by atoms with Crippen LogP contribution in [0.2, 0.25) is 5.02 Å². The predicted molar refractivity (Wildman–Crippen MR) is 150 cm³/mol. The van der Waals surface area contributed by atoms with Gasteiger partial charge in [0.25, 0.3) is 5.91 Å². The molecule has 10 nitrogen and oxygen atoms in total. The number of hydrogen-bond acceptors (Lipinski definition) is 8. The zero-order chi connectivity index (χ0) is 26.4. The number of pyridine rings is 1. The van der Waals surface area contributed by atoms with Gasteiger partial charge in [0.2, 0.25) is 17.3 Å². The van der Waals surface area contributed by atoms with Crippen molar-refractivity contribution in [2.24, 2.45) is 0 Å². The van der Waals surface area contributed by atoms with E-state index < -0.39 is 5.91 Å². The number of thiazole rings is 1. The number of hydrogen-bond donors (Lipinski definition) is 1. The van der Waals surface area contributed by atoms with Gasteiger partial charge in [0.1, 0.15) is 10.4 Å². The summed E-state index contributed by atoms with van der Waals surface area (Å²) in [6, 6.07) is 5.52.